The van der Waals surface area contributed by atoms with Gasteiger partial charge in [-0.1, -0.05) is 18.1 Å². The Bertz CT molecular complexity index is 1920. The number of ether oxygens (including phenoxy) is 1. The number of phenols is 1. The van der Waals surface area contributed by atoms with Crippen LogP contribution in [-0.4, -0.2) is 69.5 Å². The second-order valence-corrected chi connectivity index (χ2v) is 13.1. The molecule has 2 aromatic carbocycles. The number of phenolic OH excluding ortho intramolecular Hbond substituents is 1. The molecule has 2 aromatic heterocycles. The molecular formula is C35H32F2N6O2. The number of hydrogen-bond acceptors (Lipinski definition) is 8. The standard InChI is InChI=1S/C35H32F2N6O2/c1-2-20-5-3-6-21-11-25(44)12-26(29(20)21)31-30(37)32-28(15-39-31)33(42-16-22-7-8-23(17-42)27(22)14-38)41-34(40-32)45-19-35-9-4-10-43(35)18-24(36)13-35/h1,3,5-6,11-12,15,22-24,27,44H,4,7-10,13,16-19H2/t22?,23?,24-,27?,35+/m1/s1. The van der Waals surface area contributed by atoms with E-state index in [9.17, 15) is 14.8 Å². The van der Waals surface area contributed by atoms with Crippen LogP contribution in [-0.2, 0) is 0 Å². The van der Waals surface area contributed by atoms with Crippen molar-refractivity contribution in [1.29, 1.82) is 5.26 Å². The van der Waals surface area contributed by atoms with Crippen LogP contribution in [0.2, 0.25) is 0 Å². The minimum Gasteiger partial charge on any atom is -0.508 e. The number of anilines is 1. The van der Waals surface area contributed by atoms with Gasteiger partial charge in [-0.15, -0.1) is 6.42 Å². The fraction of sp³-hybridized carbons (Fsp3) is 0.429. The van der Waals surface area contributed by atoms with Crippen LogP contribution in [0.4, 0.5) is 14.6 Å². The maximum absolute atomic E-state index is 16.8. The zero-order valence-electron chi connectivity index (χ0n) is 24.7. The third kappa shape index (κ3) is 4.46. The number of aromatic nitrogens is 3. The molecule has 4 atom stereocenters. The Morgan fingerprint density at radius 1 is 1.16 bits per heavy atom. The number of nitrogens with zero attached hydrogens (tertiary/aromatic N) is 6. The van der Waals surface area contributed by atoms with Crippen LogP contribution in [0.15, 0.2) is 36.5 Å². The zero-order valence-corrected chi connectivity index (χ0v) is 24.7. The van der Waals surface area contributed by atoms with Gasteiger partial charge in [0.2, 0.25) is 0 Å². The van der Waals surface area contributed by atoms with Crippen molar-refractivity contribution in [2.24, 2.45) is 17.8 Å². The number of alkyl halides is 1. The Balaban J connectivity index is 1.26. The van der Waals surface area contributed by atoms with Gasteiger partial charge in [-0.3, -0.25) is 9.88 Å². The first-order valence-electron chi connectivity index (χ1n) is 15.6. The van der Waals surface area contributed by atoms with Crippen LogP contribution in [0.25, 0.3) is 32.9 Å². The summed E-state index contributed by atoms with van der Waals surface area (Å²) in [5.41, 5.74) is 0.529. The fourth-order valence-corrected chi connectivity index (χ4v) is 8.49. The lowest BCUT2D eigenvalue weighted by Crippen LogP contribution is -2.44. The van der Waals surface area contributed by atoms with E-state index in [1.165, 1.54) is 6.07 Å². The van der Waals surface area contributed by atoms with Gasteiger partial charge in [-0.25, -0.2) is 8.78 Å². The second-order valence-electron chi connectivity index (χ2n) is 13.1. The minimum absolute atomic E-state index is 0.000567. The van der Waals surface area contributed by atoms with Gasteiger partial charge in [0.25, 0.3) is 0 Å². The predicted octanol–water partition coefficient (Wildman–Crippen LogP) is 5.61. The van der Waals surface area contributed by atoms with Gasteiger partial charge in [-0.2, -0.15) is 15.2 Å². The van der Waals surface area contributed by atoms with E-state index >= 15 is 4.39 Å². The molecule has 3 saturated heterocycles. The molecule has 1 aliphatic carbocycles. The van der Waals surface area contributed by atoms with Crippen LogP contribution < -0.4 is 9.64 Å². The number of hydrogen-bond donors (Lipinski definition) is 1. The van der Waals surface area contributed by atoms with Crippen molar-refractivity contribution < 1.29 is 18.6 Å². The average molecular weight is 607 g/mol. The summed E-state index contributed by atoms with van der Waals surface area (Å²) in [6.45, 7) is 2.67. The molecule has 0 amide bonds. The fourth-order valence-electron chi connectivity index (χ4n) is 8.49. The maximum Gasteiger partial charge on any atom is 0.319 e. The molecule has 0 radical (unpaired) electrons. The quantitative estimate of drug-likeness (QED) is 0.293. The van der Waals surface area contributed by atoms with E-state index < -0.39 is 17.5 Å². The van der Waals surface area contributed by atoms with Gasteiger partial charge < -0.3 is 14.7 Å². The Morgan fingerprint density at radius 3 is 2.76 bits per heavy atom. The second kappa shape index (κ2) is 10.5. The number of aromatic hydroxyl groups is 1. The summed E-state index contributed by atoms with van der Waals surface area (Å²) < 4.78 is 37.5. The number of piperidine rings is 1. The van der Waals surface area contributed by atoms with E-state index in [1.807, 2.05) is 0 Å². The lowest BCUT2D eigenvalue weighted by molar-refractivity contribution is 0.107. The summed E-state index contributed by atoms with van der Waals surface area (Å²) in [6.07, 6.45) is 10.6. The zero-order chi connectivity index (χ0) is 30.9. The molecule has 4 fully saturated rings. The monoisotopic (exact) mass is 606 g/mol. The molecule has 0 spiro atoms. The molecule has 228 valence electrons. The van der Waals surface area contributed by atoms with Crippen molar-refractivity contribution >= 4 is 27.5 Å². The molecule has 2 bridgehead atoms. The molecule has 1 saturated carbocycles. The molecule has 3 aliphatic heterocycles. The van der Waals surface area contributed by atoms with E-state index in [1.54, 1.807) is 30.5 Å². The summed E-state index contributed by atoms with van der Waals surface area (Å²) in [4.78, 5) is 18.3. The normalized spacial score (nSPS) is 27.5. The number of nitriles is 1. The van der Waals surface area contributed by atoms with Gasteiger partial charge >= 0.3 is 6.01 Å². The average Bonchev–Trinajstić information content (AvgIpc) is 3.65. The number of rotatable bonds is 5. The SMILES string of the molecule is C#Cc1cccc2cc(O)cc(-c3ncc4c(N5CC6CCC(C5)C6C#N)nc(OC[C@@]56CCCN5C[C@H](F)C6)nc4c3F)c12. The number of benzene rings is 2. The largest absolute Gasteiger partial charge is 0.508 e. The Kier molecular flexibility index (Phi) is 6.54. The molecule has 45 heavy (non-hydrogen) atoms. The Labute approximate surface area is 259 Å². The molecule has 4 aromatic rings. The molecule has 1 N–H and O–H groups in total. The smallest absolute Gasteiger partial charge is 0.319 e. The molecule has 10 heteroatoms. The van der Waals surface area contributed by atoms with Gasteiger partial charge in [0.05, 0.1) is 22.9 Å². The van der Waals surface area contributed by atoms with Gasteiger partial charge in [-0.05, 0) is 67.6 Å². The topological polar surface area (TPSA) is 98.4 Å². The highest BCUT2D eigenvalue weighted by Gasteiger charge is 2.49. The lowest BCUT2D eigenvalue weighted by atomic mass is 9.86. The van der Waals surface area contributed by atoms with Crippen LogP contribution >= 0.6 is 0 Å². The predicted molar refractivity (Wildman–Crippen MR) is 166 cm³/mol. The van der Waals surface area contributed by atoms with Crippen molar-refractivity contribution in [3.8, 4) is 41.4 Å². The van der Waals surface area contributed by atoms with Crippen molar-refractivity contribution in [1.82, 2.24) is 19.9 Å². The van der Waals surface area contributed by atoms with E-state index in [-0.39, 0.29) is 47.3 Å². The van der Waals surface area contributed by atoms with Gasteiger partial charge in [0.15, 0.2) is 5.82 Å². The number of pyridine rings is 1. The summed E-state index contributed by atoms with van der Waals surface area (Å²) >= 11 is 0. The first-order valence-corrected chi connectivity index (χ1v) is 15.6. The summed E-state index contributed by atoms with van der Waals surface area (Å²) in [5.74, 6) is 2.86. The van der Waals surface area contributed by atoms with Crippen LogP contribution in [0.3, 0.4) is 0 Å². The highest BCUT2D eigenvalue weighted by atomic mass is 19.1. The molecular weight excluding hydrogens is 574 g/mol. The van der Waals surface area contributed by atoms with Crippen molar-refractivity contribution in [2.75, 3.05) is 37.7 Å². The molecule has 8 nitrogen and oxygen atoms in total. The Hall–Kier alpha value is -4.54. The molecule has 2 unspecified atom stereocenters. The Morgan fingerprint density at radius 2 is 1.98 bits per heavy atom. The summed E-state index contributed by atoms with van der Waals surface area (Å²) in [6, 6.07) is 10.9. The van der Waals surface area contributed by atoms with E-state index in [4.69, 9.17) is 16.1 Å². The number of halogens is 2. The van der Waals surface area contributed by atoms with E-state index in [2.05, 4.69) is 31.8 Å². The number of fused-ring (bicyclic) bond motifs is 5. The third-order valence-corrected chi connectivity index (χ3v) is 10.5. The third-order valence-electron chi connectivity index (χ3n) is 10.5. The van der Waals surface area contributed by atoms with Crippen molar-refractivity contribution in [3.63, 3.8) is 0 Å². The van der Waals surface area contributed by atoms with Crippen LogP contribution in [0.5, 0.6) is 11.8 Å². The van der Waals surface area contributed by atoms with Crippen LogP contribution in [0, 0.1) is 47.2 Å². The summed E-state index contributed by atoms with van der Waals surface area (Å²) in [5, 5.41) is 22.0. The van der Waals surface area contributed by atoms with Gasteiger partial charge in [0, 0.05) is 48.8 Å². The molecule has 5 heterocycles. The van der Waals surface area contributed by atoms with E-state index in [0.717, 1.165) is 32.2 Å². The van der Waals surface area contributed by atoms with E-state index in [0.29, 0.717) is 59.2 Å². The van der Waals surface area contributed by atoms with Crippen LogP contribution in [0.1, 0.15) is 37.7 Å². The van der Waals surface area contributed by atoms with Gasteiger partial charge in [0.1, 0.15) is 35.6 Å². The summed E-state index contributed by atoms with van der Waals surface area (Å²) in [7, 11) is 0. The highest BCUT2D eigenvalue weighted by molar-refractivity contribution is 6.02. The lowest BCUT2D eigenvalue weighted by Gasteiger charge is -2.36. The van der Waals surface area contributed by atoms with Crippen molar-refractivity contribution in [2.45, 2.75) is 43.8 Å². The minimum atomic E-state index is -0.907. The number of terminal acetylenes is 1. The maximum atomic E-state index is 16.8. The first-order chi connectivity index (χ1) is 21.9. The highest BCUT2D eigenvalue weighted by Crippen LogP contribution is 2.45. The first kappa shape index (κ1) is 28.0. The van der Waals surface area contributed by atoms with Crippen molar-refractivity contribution in [3.05, 3.63) is 47.9 Å². The molecule has 8 rings (SSSR count). The molecule has 4 aliphatic rings.